The maximum Gasteiger partial charge on any atom is 0.227 e. The number of carbonyl (C=O) groups is 1. The van der Waals surface area contributed by atoms with Crippen LogP contribution in [0, 0.1) is 11.8 Å². The number of H-pyrrole nitrogens is 1. The van der Waals surface area contributed by atoms with Crippen molar-refractivity contribution in [1.29, 1.82) is 0 Å². The van der Waals surface area contributed by atoms with Gasteiger partial charge in [-0.3, -0.25) is 4.79 Å². The molecule has 0 radical (unpaired) electrons. The molecule has 3 nitrogen and oxygen atoms in total. The lowest BCUT2D eigenvalue weighted by Crippen LogP contribution is -2.42. The molecule has 5 rings (SSSR count). The van der Waals surface area contributed by atoms with Crippen LogP contribution in [0.5, 0.6) is 0 Å². The molecule has 112 valence electrons. The number of aromatic amines is 1. The van der Waals surface area contributed by atoms with Crippen LogP contribution in [0.2, 0.25) is 0 Å². The van der Waals surface area contributed by atoms with Crippen molar-refractivity contribution in [3.8, 4) is 0 Å². The van der Waals surface area contributed by atoms with E-state index in [1.807, 2.05) is 0 Å². The van der Waals surface area contributed by atoms with E-state index in [4.69, 9.17) is 0 Å². The fourth-order valence-corrected chi connectivity index (χ4v) is 4.93. The highest BCUT2D eigenvalue weighted by molar-refractivity contribution is 5.88. The summed E-state index contributed by atoms with van der Waals surface area (Å²) in [5.41, 5.74) is 3.95. The lowest BCUT2D eigenvalue weighted by atomic mass is 9.79. The molecule has 1 aromatic carbocycles. The summed E-state index contributed by atoms with van der Waals surface area (Å²) >= 11 is 0. The summed E-state index contributed by atoms with van der Waals surface area (Å²) in [4.78, 5) is 18.7. The number of para-hydroxylation sites is 1. The maximum atomic E-state index is 12.9. The Kier molecular flexibility index (Phi) is 2.42. The van der Waals surface area contributed by atoms with Crippen molar-refractivity contribution in [2.75, 3.05) is 0 Å². The molecule has 0 bridgehead atoms. The third kappa shape index (κ3) is 1.44. The van der Waals surface area contributed by atoms with E-state index in [1.54, 1.807) is 0 Å². The molecule has 0 unspecified atom stereocenters. The SMILES string of the molecule is C[C@@H]1Cc2c([nH]c3ccccc23)[C@@H]2[C@@H]3CC=CC[C@@H]3C(=O)N12. The number of nitrogens with zero attached hydrogens (tertiary/aromatic N) is 1. The Morgan fingerprint density at radius 3 is 2.91 bits per heavy atom. The molecule has 3 heteroatoms. The Morgan fingerprint density at radius 2 is 2.00 bits per heavy atom. The fraction of sp³-hybridized carbons (Fsp3) is 0.421. The van der Waals surface area contributed by atoms with Crippen molar-refractivity contribution in [1.82, 2.24) is 9.88 Å². The molecule has 1 amide bonds. The normalized spacial score (nSPS) is 33.0. The van der Waals surface area contributed by atoms with Crippen LogP contribution in [0.1, 0.15) is 37.1 Å². The van der Waals surface area contributed by atoms with Crippen LogP contribution in [0.4, 0.5) is 0 Å². The minimum absolute atomic E-state index is 0.190. The van der Waals surface area contributed by atoms with Gasteiger partial charge in [-0.05, 0) is 37.8 Å². The highest BCUT2D eigenvalue weighted by Crippen LogP contribution is 2.51. The van der Waals surface area contributed by atoms with Gasteiger partial charge in [0.25, 0.3) is 0 Å². The van der Waals surface area contributed by atoms with Gasteiger partial charge in [0, 0.05) is 34.5 Å². The Hall–Kier alpha value is -2.03. The molecule has 3 aliphatic rings. The van der Waals surface area contributed by atoms with Gasteiger partial charge in [-0.1, -0.05) is 30.4 Å². The van der Waals surface area contributed by atoms with Gasteiger partial charge in [-0.15, -0.1) is 0 Å². The number of benzene rings is 1. The number of hydrogen-bond acceptors (Lipinski definition) is 1. The summed E-state index contributed by atoms with van der Waals surface area (Å²) in [7, 11) is 0. The second kappa shape index (κ2) is 4.25. The number of hydrogen-bond donors (Lipinski definition) is 1. The molecule has 1 saturated heterocycles. The minimum Gasteiger partial charge on any atom is -0.356 e. The number of aromatic nitrogens is 1. The largest absolute Gasteiger partial charge is 0.356 e. The molecule has 2 aliphatic heterocycles. The number of rotatable bonds is 0. The quantitative estimate of drug-likeness (QED) is 0.740. The molecule has 1 N–H and O–H groups in total. The number of carbonyl (C=O) groups excluding carboxylic acids is 1. The van der Waals surface area contributed by atoms with Gasteiger partial charge in [0.2, 0.25) is 5.91 Å². The third-order valence-corrected chi connectivity index (χ3v) is 5.88. The van der Waals surface area contributed by atoms with Crippen molar-refractivity contribution in [2.45, 2.75) is 38.3 Å². The van der Waals surface area contributed by atoms with Crippen LogP contribution < -0.4 is 0 Å². The van der Waals surface area contributed by atoms with E-state index in [0.717, 1.165) is 19.3 Å². The molecule has 1 aliphatic carbocycles. The second-order valence-electron chi connectivity index (χ2n) is 7.02. The first kappa shape index (κ1) is 12.5. The Labute approximate surface area is 130 Å². The van der Waals surface area contributed by atoms with Crippen LogP contribution in [0.3, 0.4) is 0 Å². The summed E-state index contributed by atoms with van der Waals surface area (Å²) < 4.78 is 0. The molecule has 2 aromatic rings. The Bertz CT molecular complexity index is 803. The zero-order valence-corrected chi connectivity index (χ0v) is 12.8. The van der Waals surface area contributed by atoms with Gasteiger partial charge < -0.3 is 9.88 Å². The molecular formula is C19H20N2O. The number of amides is 1. The van der Waals surface area contributed by atoms with Crippen molar-refractivity contribution in [3.05, 3.63) is 47.7 Å². The molecule has 1 fully saturated rings. The number of fused-ring (bicyclic) bond motifs is 7. The highest BCUT2D eigenvalue weighted by atomic mass is 16.2. The fourth-order valence-electron chi connectivity index (χ4n) is 4.93. The standard InChI is InChI=1S/C19H20N2O/c1-11-10-15-12-6-4-5-9-16(12)20-17(15)18-13-7-2-3-8-14(13)19(22)21(11)18/h2-6,9,11,13-14,18,20H,7-8,10H2,1H3/t11-,13-,14+,18+/m1/s1. The molecule has 3 heterocycles. The highest BCUT2D eigenvalue weighted by Gasteiger charge is 2.52. The van der Waals surface area contributed by atoms with E-state index in [0.29, 0.717) is 17.9 Å². The van der Waals surface area contributed by atoms with Gasteiger partial charge in [0.05, 0.1) is 6.04 Å². The van der Waals surface area contributed by atoms with Crippen LogP contribution >= 0.6 is 0 Å². The Morgan fingerprint density at radius 1 is 1.18 bits per heavy atom. The Balaban J connectivity index is 1.73. The summed E-state index contributed by atoms with van der Waals surface area (Å²) in [6.45, 7) is 2.21. The van der Waals surface area contributed by atoms with Crippen molar-refractivity contribution in [3.63, 3.8) is 0 Å². The first-order valence-electron chi connectivity index (χ1n) is 8.32. The van der Waals surface area contributed by atoms with Gasteiger partial charge in [0.15, 0.2) is 0 Å². The molecule has 4 atom stereocenters. The third-order valence-electron chi connectivity index (χ3n) is 5.88. The summed E-state index contributed by atoms with van der Waals surface area (Å²) in [5.74, 6) is 0.998. The van der Waals surface area contributed by atoms with E-state index in [1.165, 1.54) is 22.2 Å². The van der Waals surface area contributed by atoms with Crippen LogP contribution in [0.15, 0.2) is 36.4 Å². The predicted octanol–water partition coefficient (Wildman–Crippen LogP) is 3.58. The average molecular weight is 292 g/mol. The van der Waals surface area contributed by atoms with Crippen LogP contribution in [-0.4, -0.2) is 21.8 Å². The lowest BCUT2D eigenvalue weighted by Gasteiger charge is -2.37. The van der Waals surface area contributed by atoms with Crippen molar-refractivity contribution in [2.24, 2.45) is 11.8 Å². The first-order valence-corrected chi connectivity index (χ1v) is 8.32. The number of allylic oxidation sites excluding steroid dienone is 2. The van der Waals surface area contributed by atoms with E-state index in [2.05, 4.69) is 53.2 Å². The van der Waals surface area contributed by atoms with E-state index in [-0.39, 0.29) is 12.0 Å². The molecule has 0 spiro atoms. The molecule has 0 saturated carbocycles. The number of nitrogens with one attached hydrogen (secondary N) is 1. The van der Waals surface area contributed by atoms with Gasteiger partial charge in [0.1, 0.15) is 0 Å². The summed E-state index contributed by atoms with van der Waals surface area (Å²) in [6.07, 6.45) is 7.36. The minimum atomic E-state index is 0.190. The zero-order valence-electron chi connectivity index (χ0n) is 12.8. The summed E-state index contributed by atoms with van der Waals surface area (Å²) in [6, 6.07) is 9.10. The monoisotopic (exact) mass is 292 g/mol. The zero-order chi connectivity index (χ0) is 14.8. The van der Waals surface area contributed by atoms with E-state index >= 15 is 0 Å². The van der Waals surface area contributed by atoms with Crippen molar-refractivity contribution >= 4 is 16.8 Å². The van der Waals surface area contributed by atoms with E-state index in [9.17, 15) is 4.79 Å². The first-order chi connectivity index (χ1) is 10.8. The second-order valence-corrected chi connectivity index (χ2v) is 7.02. The molecule has 1 aromatic heterocycles. The predicted molar refractivity (Wildman–Crippen MR) is 86.4 cm³/mol. The average Bonchev–Trinajstić information content (AvgIpc) is 3.05. The summed E-state index contributed by atoms with van der Waals surface area (Å²) in [5, 5.41) is 1.34. The van der Waals surface area contributed by atoms with Crippen molar-refractivity contribution < 1.29 is 4.79 Å². The molecular weight excluding hydrogens is 272 g/mol. The van der Waals surface area contributed by atoms with Gasteiger partial charge in [-0.25, -0.2) is 0 Å². The topological polar surface area (TPSA) is 36.1 Å². The van der Waals surface area contributed by atoms with Gasteiger partial charge in [-0.2, -0.15) is 0 Å². The molecule has 22 heavy (non-hydrogen) atoms. The van der Waals surface area contributed by atoms with E-state index < -0.39 is 0 Å². The maximum absolute atomic E-state index is 12.9. The van der Waals surface area contributed by atoms with Crippen LogP contribution in [-0.2, 0) is 11.2 Å². The van der Waals surface area contributed by atoms with Gasteiger partial charge >= 0.3 is 0 Å². The lowest BCUT2D eigenvalue weighted by molar-refractivity contribution is -0.134. The smallest absolute Gasteiger partial charge is 0.227 e. The van der Waals surface area contributed by atoms with Crippen LogP contribution in [0.25, 0.3) is 10.9 Å².